The van der Waals surface area contributed by atoms with Crippen LogP contribution in [0.1, 0.15) is 12.5 Å². The summed E-state index contributed by atoms with van der Waals surface area (Å²) in [6.45, 7) is 4.18. The zero-order valence-corrected chi connectivity index (χ0v) is 10.3. The van der Waals surface area contributed by atoms with Crippen LogP contribution in [0.3, 0.4) is 0 Å². The van der Waals surface area contributed by atoms with Crippen molar-refractivity contribution in [2.24, 2.45) is 11.7 Å². The fourth-order valence-corrected chi connectivity index (χ4v) is 2.63. The quantitative estimate of drug-likeness (QED) is 0.747. The van der Waals surface area contributed by atoms with Gasteiger partial charge in [0.05, 0.1) is 24.2 Å². The largest absolute Gasteiger partial charge is 0.379 e. The van der Waals surface area contributed by atoms with Crippen molar-refractivity contribution < 1.29 is 4.74 Å². The van der Waals surface area contributed by atoms with Crippen molar-refractivity contribution in [3.8, 4) is 0 Å². The molecule has 1 aromatic carbocycles. The second-order valence-corrected chi connectivity index (χ2v) is 5.13. The number of hydrogen-bond acceptors (Lipinski definition) is 3. The molecule has 1 saturated heterocycles. The SMILES string of the molecule is CC(CN)C1(c2ccc3[nH]c(=O)[nH]c3c2)COC1. The van der Waals surface area contributed by atoms with Gasteiger partial charge >= 0.3 is 5.69 Å². The maximum atomic E-state index is 11.3. The summed E-state index contributed by atoms with van der Waals surface area (Å²) < 4.78 is 5.40. The summed E-state index contributed by atoms with van der Waals surface area (Å²) in [5, 5.41) is 0. The van der Waals surface area contributed by atoms with Crippen LogP contribution in [0.25, 0.3) is 11.0 Å². The lowest BCUT2D eigenvalue weighted by Gasteiger charge is -2.46. The standard InChI is InChI=1S/C13H17N3O2/c1-8(5-14)13(6-18-7-13)9-2-3-10-11(4-9)16-12(17)15-10/h2-4,8H,5-7,14H2,1H3,(H2,15,16,17). The van der Waals surface area contributed by atoms with Crippen molar-refractivity contribution in [3.63, 3.8) is 0 Å². The van der Waals surface area contributed by atoms with Gasteiger partial charge in [-0.05, 0) is 30.2 Å². The van der Waals surface area contributed by atoms with Gasteiger partial charge in [-0.1, -0.05) is 13.0 Å². The first-order valence-electron chi connectivity index (χ1n) is 6.16. The molecule has 0 amide bonds. The molecule has 0 spiro atoms. The monoisotopic (exact) mass is 247 g/mol. The minimum atomic E-state index is -0.173. The zero-order chi connectivity index (χ0) is 12.8. The van der Waals surface area contributed by atoms with Crippen molar-refractivity contribution in [1.29, 1.82) is 0 Å². The van der Waals surface area contributed by atoms with Crippen molar-refractivity contribution in [2.45, 2.75) is 12.3 Å². The molecule has 0 saturated carbocycles. The fraction of sp³-hybridized carbons (Fsp3) is 0.462. The smallest absolute Gasteiger partial charge is 0.323 e. The van der Waals surface area contributed by atoms with Crippen molar-refractivity contribution in [1.82, 2.24) is 9.97 Å². The fourth-order valence-electron chi connectivity index (χ4n) is 2.63. The predicted octanol–water partition coefficient (Wildman–Crippen LogP) is 0.719. The third-order valence-electron chi connectivity index (χ3n) is 4.11. The summed E-state index contributed by atoms with van der Waals surface area (Å²) in [6.07, 6.45) is 0. The molecule has 18 heavy (non-hydrogen) atoms. The van der Waals surface area contributed by atoms with Crippen LogP contribution in [-0.2, 0) is 10.2 Å². The molecule has 1 aliphatic rings. The highest BCUT2D eigenvalue weighted by Gasteiger charge is 2.44. The molecule has 5 heteroatoms. The maximum absolute atomic E-state index is 11.3. The first-order valence-corrected chi connectivity index (χ1v) is 6.16. The van der Waals surface area contributed by atoms with Crippen LogP contribution in [-0.4, -0.2) is 29.7 Å². The Bertz CT molecular complexity index is 624. The van der Waals surface area contributed by atoms with Gasteiger partial charge in [-0.25, -0.2) is 4.79 Å². The third kappa shape index (κ3) is 1.51. The van der Waals surface area contributed by atoms with E-state index in [1.807, 2.05) is 12.1 Å². The number of aromatic nitrogens is 2. The number of ether oxygens (including phenoxy) is 1. The maximum Gasteiger partial charge on any atom is 0.323 e. The van der Waals surface area contributed by atoms with Gasteiger partial charge in [0.2, 0.25) is 0 Å². The summed E-state index contributed by atoms with van der Waals surface area (Å²) in [4.78, 5) is 16.8. The molecule has 3 rings (SSSR count). The first kappa shape index (κ1) is 11.5. The molecule has 5 nitrogen and oxygen atoms in total. The number of benzene rings is 1. The molecule has 1 unspecified atom stereocenters. The lowest BCUT2D eigenvalue weighted by Crippen LogP contribution is -2.53. The Kier molecular flexibility index (Phi) is 2.53. The van der Waals surface area contributed by atoms with E-state index in [4.69, 9.17) is 10.5 Å². The Morgan fingerprint density at radius 1 is 1.39 bits per heavy atom. The van der Waals surface area contributed by atoms with E-state index in [-0.39, 0.29) is 11.1 Å². The summed E-state index contributed by atoms with van der Waals surface area (Å²) in [5.74, 6) is 0.356. The number of fused-ring (bicyclic) bond motifs is 1. The number of nitrogens with two attached hydrogens (primary N) is 1. The van der Waals surface area contributed by atoms with Crippen LogP contribution in [0.5, 0.6) is 0 Å². The highest BCUT2D eigenvalue weighted by atomic mass is 16.5. The number of imidazole rings is 1. The molecule has 1 aliphatic heterocycles. The number of aromatic amines is 2. The predicted molar refractivity (Wildman–Crippen MR) is 69.6 cm³/mol. The Morgan fingerprint density at radius 2 is 2.11 bits per heavy atom. The van der Waals surface area contributed by atoms with E-state index in [2.05, 4.69) is 23.0 Å². The zero-order valence-electron chi connectivity index (χ0n) is 10.3. The van der Waals surface area contributed by atoms with Gasteiger partial charge in [0.15, 0.2) is 0 Å². The number of H-pyrrole nitrogens is 2. The summed E-state index contributed by atoms with van der Waals surface area (Å²) in [6, 6.07) is 6.02. The van der Waals surface area contributed by atoms with Crippen molar-refractivity contribution >= 4 is 11.0 Å². The highest BCUT2D eigenvalue weighted by molar-refractivity contribution is 5.75. The van der Waals surface area contributed by atoms with Crippen LogP contribution in [0, 0.1) is 5.92 Å². The van der Waals surface area contributed by atoms with E-state index >= 15 is 0 Å². The molecule has 1 aromatic heterocycles. The van der Waals surface area contributed by atoms with Gasteiger partial charge in [0.1, 0.15) is 0 Å². The molecule has 2 heterocycles. The Morgan fingerprint density at radius 3 is 2.72 bits per heavy atom. The summed E-state index contributed by atoms with van der Waals surface area (Å²) >= 11 is 0. The average molecular weight is 247 g/mol. The molecule has 1 fully saturated rings. The van der Waals surface area contributed by atoms with Crippen LogP contribution < -0.4 is 11.4 Å². The lowest BCUT2D eigenvalue weighted by molar-refractivity contribution is -0.0853. The third-order valence-corrected chi connectivity index (χ3v) is 4.11. The lowest BCUT2D eigenvalue weighted by atomic mass is 9.69. The van der Waals surface area contributed by atoms with E-state index in [9.17, 15) is 4.79 Å². The van der Waals surface area contributed by atoms with Crippen molar-refractivity contribution in [2.75, 3.05) is 19.8 Å². The molecule has 2 aromatic rings. The Balaban J connectivity index is 2.09. The van der Waals surface area contributed by atoms with Gasteiger partial charge in [-0.2, -0.15) is 0 Å². The van der Waals surface area contributed by atoms with Crippen LogP contribution in [0.2, 0.25) is 0 Å². The molecule has 0 bridgehead atoms. The second kappa shape index (κ2) is 3.96. The molecule has 4 N–H and O–H groups in total. The molecule has 0 aliphatic carbocycles. The number of rotatable bonds is 3. The van der Waals surface area contributed by atoms with Crippen LogP contribution in [0.4, 0.5) is 0 Å². The minimum Gasteiger partial charge on any atom is -0.379 e. The topological polar surface area (TPSA) is 83.9 Å². The highest BCUT2D eigenvalue weighted by Crippen LogP contribution is 2.39. The number of hydrogen-bond donors (Lipinski definition) is 3. The number of nitrogens with one attached hydrogen (secondary N) is 2. The summed E-state index contributed by atoms with van der Waals surface area (Å²) in [5.41, 5.74) is 8.49. The first-order chi connectivity index (χ1) is 8.65. The van der Waals surface area contributed by atoms with Gasteiger partial charge in [-0.15, -0.1) is 0 Å². The van der Waals surface area contributed by atoms with E-state index in [0.717, 1.165) is 11.0 Å². The van der Waals surface area contributed by atoms with Gasteiger partial charge < -0.3 is 20.4 Å². The van der Waals surface area contributed by atoms with E-state index in [0.29, 0.717) is 25.7 Å². The molecule has 96 valence electrons. The normalized spacial score (nSPS) is 19.7. The van der Waals surface area contributed by atoms with Gasteiger partial charge in [-0.3, -0.25) is 0 Å². The average Bonchev–Trinajstić information content (AvgIpc) is 2.66. The van der Waals surface area contributed by atoms with E-state index < -0.39 is 0 Å². The van der Waals surface area contributed by atoms with Gasteiger partial charge in [0.25, 0.3) is 0 Å². The van der Waals surface area contributed by atoms with Crippen molar-refractivity contribution in [3.05, 3.63) is 34.2 Å². The molecular formula is C13H17N3O2. The molecule has 1 atom stereocenters. The summed E-state index contributed by atoms with van der Waals surface area (Å²) in [7, 11) is 0. The van der Waals surface area contributed by atoms with Crippen LogP contribution in [0.15, 0.2) is 23.0 Å². The van der Waals surface area contributed by atoms with E-state index in [1.54, 1.807) is 0 Å². The second-order valence-electron chi connectivity index (χ2n) is 5.13. The Hall–Kier alpha value is -1.59. The van der Waals surface area contributed by atoms with Crippen LogP contribution >= 0.6 is 0 Å². The minimum absolute atomic E-state index is 0.00288. The Labute approximate surface area is 104 Å². The van der Waals surface area contributed by atoms with E-state index in [1.165, 1.54) is 5.56 Å². The molecule has 0 radical (unpaired) electrons. The molecular weight excluding hydrogens is 230 g/mol. The van der Waals surface area contributed by atoms with Gasteiger partial charge in [0, 0.05) is 5.41 Å².